The summed E-state index contributed by atoms with van der Waals surface area (Å²) in [6.45, 7) is 0. The van der Waals surface area contributed by atoms with Gasteiger partial charge in [0.2, 0.25) is 5.88 Å². The topological polar surface area (TPSA) is 213 Å². The van der Waals surface area contributed by atoms with Crippen molar-refractivity contribution in [1.29, 1.82) is 0 Å². The highest BCUT2D eigenvalue weighted by molar-refractivity contribution is 6.06. The molecular formula is C31H37N11O3. The molecule has 0 aliphatic rings. The summed E-state index contributed by atoms with van der Waals surface area (Å²) in [5.74, 6) is -0.202. The molecule has 45 heavy (non-hydrogen) atoms. The molecule has 14 nitrogen and oxygen atoms in total. The van der Waals surface area contributed by atoms with Gasteiger partial charge < -0.3 is 26.8 Å². The summed E-state index contributed by atoms with van der Waals surface area (Å²) in [7, 11) is 1.54. The molecule has 0 radical (unpaired) electrons. The number of aromatic nitrogens is 7. The quantitative estimate of drug-likeness (QED) is 0.156. The molecule has 0 spiro atoms. The lowest BCUT2D eigenvalue weighted by atomic mass is 10.2. The second kappa shape index (κ2) is 14.0. The van der Waals surface area contributed by atoms with Crippen LogP contribution in [0.1, 0.15) is 28.1 Å². The second-order valence-corrected chi connectivity index (χ2v) is 9.18. The minimum Gasteiger partial charge on any atom is -0.481 e. The van der Waals surface area contributed by atoms with E-state index in [0.29, 0.717) is 39.9 Å². The fraction of sp³-hybridized carbons (Fsp3) is 0.0323. The number of nitrogens with one attached hydrogen (secondary N) is 3. The molecule has 234 valence electrons. The first-order valence-electron chi connectivity index (χ1n) is 13.4. The molecule has 0 atom stereocenters. The average Bonchev–Trinajstić information content (AvgIpc) is 3.62. The van der Waals surface area contributed by atoms with Crippen molar-refractivity contribution in [1.82, 2.24) is 35.1 Å². The van der Waals surface area contributed by atoms with Gasteiger partial charge in [-0.25, -0.2) is 24.9 Å². The maximum Gasteiger partial charge on any atom is 0.278 e. The van der Waals surface area contributed by atoms with E-state index in [0.717, 1.165) is 0 Å². The maximum absolute atomic E-state index is 12.4. The molecule has 0 aliphatic heterocycles. The van der Waals surface area contributed by atoms with E-state index < -0.39 is 11.8 Å². The van der Waals surface area contributed by atoms with E-state index in [4.69, 9.17) is 16.2 Å². The number of pyridine rings is 1. The van der Waals surface area contributed by atoms with Crippen LogP contribution in [0.15, 0.2) is 104 Å². The smallest absolute Gasteiger partial charge is 0.278 e. The summed E-state index contributed by atoms with van der Waals surface area (Å²) < 4.78 is 5.02. The van der Waals surface area contributed by atoms with Crippen LogP contribution in [0.5, 0.6) is 5.88 Å². The minimum absolute atomic E-state index is 0. The average molecular weight is 612 g/mol. The number of nitrogen functional groups attached to an aromatic ring is 2. The van der Waals surface area contributed by atoms with Crippen molar-refractivity contribution in [2.45, 2.75) is 0 Å². The summed E-state index contributed by atoms with van der Waals surface area (Å²) >= 11 is 0. The number of anilines is 4. The minimum atomic E-state index is -0.422. The Kier molecular flexibility index (Phi) is 9.25. The molecule has 7 N–H and O–H groups in total. The maximum atomic E-state index is 12.4. The number of hydrogen-bond donors (Lipinski definition) is 5. The van der Waals surface area contributed by atoms with Gasteiger partial charge in [0.05, 0.1) is 30.9 Å². The summed E-state index contributed by atoms with van der Waals surface area (Å²) in [5, 5.41) is 12.1. The number of para-hydroxylation sites is 2. The molecule has 14 heteroatoms. The van der Waals surface area contributed by atoms with Crippen molar-refractivity contribution in [3.8, 4) is 28.5 Å². The van der Waals surface area contributed by atoms with Crippen molar-refractivity contribution in [2.24, 2.45) is 0 Å². The number of nitrogens with two attached hydrogens (primary N) is 2. The highest BCUT2D eigenvalue weighted by atomic mass is 16.5. The number of hydrogen-bond acceptors (Lipinski definition) is 11. The molecule has 4 heterocycles. The number of benzene rings is 2. The van der Waals surface area contributed by atoms with Crippen LogP contribution >= 0.6 is 0 Å². The Morgan fingerprint density at radius 2 is 1.27 bits per heavy atom. The van der Waals surface area contributed by atoms with Gasteiger partial charge in [-0.1, -0.05) is 36.4 Å². The lowest BCUT2D eigenvalue weighted by Gasteiger charge is -2.08. The van der Waals surface area contributed by atoms with Crippen LogP contribution in [0.2, 0.25) is 0 Å². The molecule has 6 aromatic rings. The molecule has 4 aromatic heterocycles. The monoisotopic (exact) mass is 611 g/mol. The lowest BCUT2D eigenvalue weighted by Crippen LogP contribution is -2.17. The number of ether oxygens (including phenoxy) is 1. The first kappa shape index (κ1) is 29.8. The Bertz CT molecular complexity index is 1910. The lowest BCUT2D eigenvalue weighted by molar-refractivity contribution is 0.101. The number of H-pyrrole nitrogens is 1. The summed E-state index contributed by atoms with van der Waals surface area (Å²) in [5.41, 5.74) is 15.4. The van der Waals surface area contributed by atoms with Gasteiger partial charge in [0.25, 0.3) is 11.8 Å². The van der Waals surface area contributed by atoms with E-state index in [1.165, 1.54) is 19.5 Å². The van der Waals surface area contributed by atoms with Crippen molar-refractivity contribution in [2.75, 3.05) is 29.2 Å². The predicted octanol–water partition coefficient (Wildman–Crippen LogP) is 5.31. The largest absolute Gasteiger partial charge is 0.481 e. The van der Waals surface area contributed by atoms with Crippen LogP contribution in [-0.2, 0) is 0 Å². The first-order valence-corrected chi connectivity index (χ1v) is 13.4. The molecule has 6 rings (SSSR count). The number of carbonyl (C=O) groups is 2. The van der Waals surface area contributed by atoms with E-state index in [1.807, 2.05) is 36.4 Å². The summed E-state index contributed by atoms with van der Waals surface area (Å²) in [6.07, 6.45) is 6.18. The highest BCUT2D eigenvalue weighted by Crippen LogP contribution is 2.21. The number of amides is 2. The predicted molar refractivity (Wildman–Crippen MR) is 180 cm³/mol. The van der Waals surface area contributed by atoms with Crippen molar-refractivity contribution < 1.29 is 21.5 Å². The molecule has 2 amide bonds. The summed E-state index contributed by atoms with van der Waals surface area (Å²) in [6, 6.07) is 23.4. The molecule has 0 aliphatic carbocycles. The molecular weight excluding hydrogens is 574 g/mol. The second-order valence-electron chi connectivity index (χ2n) is 9.18. The number of nitrogens with zero attached hydrogens (tertiary/aromatic N) is 6. The van der Waals surface area contributed by atoms with Gasteiger partial charge >= 0.3 is 0 Å². The number of aromatic amines is 1. The molecule has 2 aromatic carbocycles. The van der Waals surface area contributed by atoms with Crippen LogP contribution in [0.25, 0.3) is 22.6 Å². The highest BCUT2D eigenvalue weighted by Gasteiger charge is 2.16. The van der Waals surface area contributed by atoms with Gasteiger partial charge in [0, 0.05) is 42.5 Å². The zero-order valence-electron chi connectivity index (χ0n) is 23.9. The van der Waals surface area contributed by atoms with E-state index in [-0.39, 0.29) is 30.2 Å². The van der Waals surface area contributed by atoms with Gasteiger partial charge in [-0.2, -0.15) is 5.10 Å². The number of rotatable bonds is 7. The standard InChI is InChI=1S/C17H15N5O2.C14H12N6O.5H2/c1-24-14-8-7-11(9-19-14)13-10-20-16(18)15(22-13)17(23)21-12-5-3-2-4-6-12;15-13-12(14(21)18-9-4-2-1-3-5-9)19-11(8-16-13)10-6-7-17-20-10;;;;;/h2-10H,1H3,(H2,18,20)(H,21,23);1-8H,(H2,15,16)(H,17,20)(H,18,21);5*1H. The van der Waals surface area contributed by atoms with E-state index in [9.17, 15) is 9.59 Å². The van der Waals surface area contributed by atoms with E-state index in [1.54, 1.807) is 54.9 Å². The number of methoxy groups -OCH3 is 1. The van der Waals surface area contributed by atoms with E-state index >= 15 is 0 Å². The molecule has 0 bridgehead atoms. The normalized spacial score (nSPS) is 10.2. The molecule has 0 unspecified atom stereocenters. The zero-order valence-corrected chi connectivity index (χ0v) is 23.9. The number of carbonyl (C=O) groups excluding carboxylic acids is 2. The van der Waals surface area contributed by atoms with Gasteiger partial charge in [-0.15, -0.1) is 0 Å². The van der Waals surface area contributed by atoms with Crippen LogP contribution in [0.3, 0.4) is 0 Å². The Balaban J connectivity index is 0.000000879. The molecule has 0 fully saturated rings. The van der Waals surface area contributed by atoms with E-state index in [2.05, 4.69) is 45.8 Å². The third-order valence-corrected chi connectivity index (χ3v) is 6.11. The van der Waals surface area contributed by atoms with Gasteiger partial charge in [-0.3, -0.25) is 14.7 Å². The van der Waals surface area contributed by atoms with Crippen molar-refractivity contribution in [3.05, 3.63) is 115 Å². The SMILES string of the molecule is COc1ccc(-c2cnc(N)c(C(=O)Nc3ccccc3)n2)cn1.Nc1ncc(-c2ccn[nH]2)nc1C(=O)Nc1ccccc1.[HH].[HH].[HH].[HH].[HH]. The third kappa shape index (κ3) is 7.58. The van der Waals surface area contributed by atoms with Crippen molar-refractivity contribution >= 4 is 34.8 Å². The Hall–Kier alpha value is -6.70. The van der Waals surface area contributed by atoms with Gasteiger partial charge in [0.1, 0.15) is 5.69 Å². The van der Waals surface area contributed by atoms with Crippen molar-refractivity contribution in [3.63, 3.8) is 0 Å². The Morgan fingerprint density at radius 3 is 1.76 bits per heavy atom. The Morgan fingerprint density at radius 1 is 0.711 bits per heavy atom. The fourth-order valence-electron chi connectivity index (χ4n) is 3.87. The molecule has 0 saturated carbocycles. The zero-order chi connectivity index (χ0) is 31.6. The third-order valence-electron chi connectivity index (χ3n) is 6.11. The van der Waals surface area contributed by atoms with Gasteiger partial charge in [0.15, 0.2) is 23.0 Å². The first-order chi connectivity index (χ1) is 21.9. The Labute approximate surface area is 264 Å². The molecule has 0 saturated heterocycles. The van der Waals surface area contributed by atoms with Crippen LogP contribution in [0, 0.1) is 0 Å². The fourth-order valence-corrected chi connectivity index (χ4v) is 3.87. The van der Waals surface area contributed by atoms with Crippen LogP contribution < -0.4 is 26.8 Å². The summed E-state index contributed by atoms with van der Waals surface area (Å²) in [4.78, 5) is 45.4. The van der Waals surface area contributed by atoms with Crippen LogP contribution in [-0.4, -0.2) is 54.0 Å². The van der Waals surface area contributed by atoms with Gasteiger partial charge in [-0.05, 0) is 36.4 Å². The van der Waals surface area contributed by atoms with Crippen LogP contribution in [0.4, 0.5) is 23.0 Å².